The summed E-state index contributed by atoms with van der Waals surface area (Å²) in [6.07, 6.45) is 3.56. The van der Waals surface area contributed by atoms with Crippen molar-refractivity contribution >= 4 is 17.7 Å². The number of esters is 1. The Balaban J connectivity index is 2.26. The van der Waals surface area contributed by atoms with Crippen LogP contribution in [0.3, 0.4) is 0 Å². The fourth-order valence-corrected chi connectivity index (χ4v) is 6.94. The van der Waals surface area contributed by atoms with Gasteiger partial charge in [0.2, 0.25) is 0 Å². The molecule has 2 rings (SSSR count). The van der Waals surface area contributed by atoms with E-state index in [2.05, 4.69) is 60.6 Å². The van der Waals surface area contributed by atoms with E-state index in [9.17, 15) is 9.90 Å². The first-order chi connectivity index (χ1) is 15.4. The van der Waals surface area contributed by atoms with E-state index in [1.54, 1.807) is 0 Å². The Morgan fingerprint density at radius 3 is 2.33 bits per heavy atom. The number of ether oxygens (including phenoxy) is 2. The lowest BCUT2D eigenvalue weighted by atomic mass is 9.68. The summed E-state index contributed by atoms with van der Waals surface area (Å²) in [5.41, 5.74) is 3.81. The van der Waals surface area contributed by atoms with Gasteiger partial charge in [-0.2, -0.15) is 0 Å². The van der Waals surface area contributed by atoms with Crippen molar-refractivity contribution in [2.45, 2.75) is 97.8 Å². The zero-order chi connectivity index (χ0) is 25.0. The van der Waals surface area contributed by atoms with Gasteiger partial charge in [-0.3, -0.25) is 0 Å². The van der Waals surface area contributed by atoms with E-state index in [-0.39, 0.29) is 29.5 Å². The number of carbonyl (C=O) groups is 1. The minimum Gasteiger partial charge on any atom is -0.482 e. The number of thioether (sulfide) groups is 1. The molecule has 1 aromatic carbocycles. The first kappa shape index (κ1) is 27.8. The predicted molar refractivity (Wildman–Crippen MR) is 139 cm³/mol. The van der Waals surface area contributed by atoms with Crippen molar-refractivity contribution in [1.82, 2.24) is 0 Å². The number of aliphatic hydroxyl groups is 1. The minimum absolute atomic E-state index is 0.0430. The maximum absolute atomic E-state index is 11.5. The Morgan fingerprint density at radius 1 is 1.18 bits per heavy atom. The standard InChI is InChI=1S/C28H44O4S/c1-10-28(11-2,21-12-13-22(18(3)16-21)32-17-25(30)31-9)26-20(5)19(4)23(33-26)14-15-24(29)27(6,7)8/h12-13,16,20,24,26,29H,10-11,14-15,17H2,1-9H3. The number of carbonyl (C=O) groups excluding carboxylic acids is 1. The molecule has 186 valence electrons. The normalized spacial score (nSPS) is 20.2. The fraction of sp³-hybridized carbons (Fsp3) is 0.679. The van der Waals surface area contributed by atoms with Crippen molar-refractivity contribution in [3.05, 3.63) is 39.8 Å². The highest BCUT2D eigenvalue weighted by Crippen LogP contribution is 2.54. The van der Waals surface area contributed by atoms with Gasteiger partial charge in [0.15, 0.2) is 6.61 Å². The molecule has 1 aliphatic heterocycles. The van der Waals surface area contributed by atoms with Gasteiger partial charge in [0.1, 0.15) is 5.75 Å². The third-order valence-electron chi connectivity index (χ3n) is 7.62. The largest absolute Gasteiger partial charge is 0.482 e. The molecule has 0 radical (unpaired) electrons. The SMILES string of the molecule is CCC(CC)(c1ccc(OCC(=O)OC)c(C)c1)C1SC(CCC(O)C(C)(C)C)=C(C)C1C. The highest BCUT2D eigenvalue weighted by Gasteiger charge is 2.45. The van der Waals surface area contributed by atoms with Crippen molar-refractivity contribution in [2.24, 2.45) is 11.3 Å². The zero-order valence-corrected chi connectivity index (χ0v) is 22.9. The highest BCUT2D eigenvalue weighted by atomic mass is 32.2. The Bertz CT molecular complexity index is 848. The van der Waals surface area contributed by atoms with Crippen LogP contribution in [0.4, 0.5) is 0 Å². The van der Waals surface area contributed by atoms with Crippen molar-refractivity contribution < 1.29 is 19.4 Å². The molecule has 1 aromatic rings. The van der Waals surface area contributed by atoms with Crippen molar-refractivity contribution in [1.29, 1.82) is 0 Å². The molecule has 1 heterocycles. The summed E-state index contributed by atoms with van der Waals surface area (Å²) < 4.78 is 10.4. The highest BCUT2D eigenvalue weighted by molar-refractivity contribution is 8.04. The van der Waals surface area contributed by atoms with Gasteiger partial charge in [0, 0.05) is 10.7 Å². The number of hydrogen-bond acceptors (Lipinski definition) is 5. The molecule has 5 heteroatoms. The van der Waals surface area contributed by atoms with E-state index >= 15 is 0 Å². The van der Waals surface area contributed by atoms with Gasteiger partial charge in [-0.1, -0.05) is 59.2 Å². The number of benzene rings is 1. The van der Waals surface area contributed by atoms with Gasteiger partial charge in [-0.15, -0.1) is 11.8 Å². The maximum Gasteiger partial charge on any atom is 0.343 e. The number of hydrogen-bond donors (Lipinski definition) is 1. The molecule has 3 atom stereocenters. The molecule has 4 nitrogen and oxygen atoms in total. The molecular weight excluding hydrogens is 432 g/mol. The van der Waals surface area contributed by atoms with E-state index in [1.807, 2.05) is 24.8 Å². The summed E-state index contributed by atoms with van der Waals surface area (Å²) in [5.74, 6) is 0.826. The summed E-state index contributed by atoms with van der Waals surface area (Å²) in [4.78, 5) is 12.9. The van der Waals surface area contributed by atoms with Crippen LogP contribution in [0.5, 0.6) is 5.75 Å². The lowest BCUT2D eigenvalue weighted by Crippen LogP contribution is -2.39. The topological polar surface area (TPSA) is 55.8 Å². The molecule has 0 amide bonds. The first-order valence-electron chi connectivity index (χ1n) is 12.3. The molecule has 0 aliphatic carbocycles. The van der Waals surface area contributed by atoms with Crippen LogP contribution >= 0.6 is 11.8 Å². The van der Waals surface area contributed by atoms with Crippen LogP contribution in [0.2, 0.25) is 0 Å². The molecule has 1 aliphatic rings. The van der Waals surface area contributed by atoms with E-state index in [0.717, 1.165) is 37.0 Å². The van der Waals surface area contributed by atoms with Crippen LogP contribution in [-0.4, -0.2) is 36.1 Å². The van der Waals surface area contributed by atoms with Gasteiger partial charge in [0.05, 0.1) is 13.2 Å². The maximum atomic E-state index is 11.5. The summed E-state index contributed by atoms with van der Waals surface area (Å²) in [5, 5.41) is 11.0. The molecule has 0 bridgehead atoms. The Kier molecular flexibility index (Phi) is 9.52. The van der Waals surface area contributed by atoms with Gasteiger partial charge in [-0.25, -0.2) is 4.79 Å². The van der Waals surface area contributed by atoms with Crippen molar-refractivity contribution in [2.75, 3.05) is 13.7 Å². The van der Waals surface area contributed by atoms with Gasteiger partial charge in [-0.05, 0) is 73.0 Å². The number of allylic oxidation sites excluding steroid dienone is 2. The van der Waals surface area contributed by atoms with E-state index in [1.165, 1.54) is 23.2 Å². The molecule has 0 saturated carbocycles. The number of rotatable bonds is 10. The van der Waals surface area contributed by atoms with E-state index < -0.39 is 0 Å². The summed E-state index contributed by atoms with van der Waals surface area (Å²) in [6, 6.07) is 6.42. The lowest BCUT2D eigenvalue weighted by molar-refractivity contribution is -0.142. The first-order valence-corrected chi connectivity index (χ1v) is 13.1. The molecule has 0 saturated heterocycles. The summed E-state index contributed by atoms with van der Waals surface area (Å²) in [7, 11) is 1.37. The van der Waals surface area contributed by atoms with Crippen LogP contribution in [0, 0.1) is 18.3 Å². The second-order valence-corrected chi connectivity index (χ2v) is 11.8. The number of methoxy groups -OCH3 is 1. The van der Waals surface area contributed by atoms with Crippen molar-refractivity contribution in [3.63, 3.8) is 0 Å². The molecular formula is C28H44O4S. The average molecular weight is 477 g/mol. The Hall–Kier alpha value is -1.46. The van der Waals surface area contributed by atoms with Gasteiger partial charge < -0.3 is 14.6 Å². The quantitative estimate of drug-likeness (QED) is 0.376. The molecule has 1 N–H and O–H groups in total. The minimum atomic E-state index is -0.378. The summed E-state index contributed by atoms with van der Waals surface area (Å²) in [6.45, 7) is 17.5. The molecule has 33 heavy (non-hydrogen) atoms. The van der Waals surface area contributed by atoms with Gasteiger partial charge >= 0.3 is 5.97 Å². The lowest BCUT2D eigenvalue weighted by Gasteiger charge is -2.41. The average Bonchev–Trinajstić information content (AvgIpc) is 3.06. The van der Waals surface area contributed by atoms with Crippen molar-refractivity contribution in [3.8, 4) is 5.75 Å². The Labute approximate surface area is 205 Å². The predicted octanol–water partition coefficient (Wildman–Crippen LogP) is 6.82. The molecule has 0 aromatic heterocycles. The van der Waals surface area contributed by atoms with E-state index in [0.29, 0.717) is 11.2 Å². The third-order valence-corrected chi connectivity index (χ3v) is 9.54. The van der Waals surface area contributed by atoms with Crippen LogP contribution < -0.4 is 4.74 Å². The summed E-state index contributed by atoms with van der Waals surface area (Å²) >= 11 is 2.03. The fourth-order valence-electron chi connectivity index (χ4n) is 4.92. The second kappa shape index (κ2) is 11.3. The molecule has 0 fully saturated rings. The number of aliphatic hydroxyl groups excluding tert-OH is 1. The number of aryl methyl sites for hydroxylation is 1. The van der Waals surface area contributed by atoms with Crippen LogP contribution in [0.25, 0.3) is 0 Å². The smallest absolute Gasteiger partial charge is 0.343 e. The van der Waals surface area contributed by atoms with Crippen LogP contribution in [0.15, 0.2) is 28.7 Å². The molecule has 0 spiro atoms. The molecule has 3 unspecified atom stereocenters. The van der Waals surface area contributed by atoms with Gasteiger partial charge in [0.25, 0.3) is 0 Å². The van der Waals surface area contributed by atoms with Crippen LogP contribution in [-0.2, 0) is 14.9 Å². The zero-order valence-electron chi connectivity index (χ0n) is 22.1. The van der Waals surface area contributed by atoms with E-state index in [4.69, 9.17) is 9.47 Å². The third kappa shape index (κ3) is 6.16. The monoisotopic (exact) mass is 476 g/mol. The second-order valence-electron chi connectivity index (χ2n) is 10.6. The van der Waals surface area contributed by atoms with Crippen LogP contribution in [0.1, 0.15) is 85.3 Å². The Morgan fingerprint density at radius 2 is 1.82 bits per heavy atom.